The number of hydrogen-bond donors (Lipinski definition) is 4. The Morgan fingerprint density at radius 2 is 1.15 bits per heavy atom. The Morgan fingerprint density at radius 1 is 0.794 bits per heavy atom. The minimum atomic E-state index is -4.30. The van der Waals surface area contributed by atoms with Crippen molar-refractivity contribution in [2.75, 3.05) is 13.1 Å². The van der Waals surface area contributed by atoms with Gasteiger partial charge in [-0.2, -0.15) is 27.0 Å². The van der Waals surface area contributed by atoms with Gasteiger partial charge >= 0.3 is 0 Å². The summed E-state index contributed by atoms with van der Waals surface area (Å²) in [6.45, 7) is 4.34. The molecule has 34 heavy (non-hydrogen) atoms. The Kier molecular flexibility index (Phi) is 9.12. The summed E-state index contributed by atoms with van der Waals surface area (Å²) in [5.41, 5.74) is 1.03. The summed E-state index contributed by atoms with van der Waals surface area (Å²) in [7, 11) is -8.61. The molecule has 0 aromatic carbocycles. The summed E-state index contributed by atoms with van der Waals surface area (Å²) < 4.78 is 64.4. The highest BCUT2D eigenvalue weighted by Gasteiger charge is 2.47. The van der Waals surface area contributed by atoms with Crippen LogP contribution in [0.1, 0.15) is 13.8 Å². The predicted octanol–water partition coefficient (Wildman–Crippen LogP) is 2.23. The van der Waals surface area contributed by atoms with Crippen LogP contribution in [0.15, 0.2) is 56.5 Å². The van der Waals surface area contributed by atoms with Crippen LogP contribution in [-0.4, -0.2) is 81.7 Å². The zero-order valence-electron chi connectivity index (χ0n) is 18.6. The lowest BCUT2D eigenvalue weighted by atomic mass is 10.0. The molecule has 0 bridgehead atoms. The average molecular weight is 553 g/mol. The third-order valence-electron chi connectivity index (χ3n) is 5.35. The number of nitrogens with zero attached hydrogens (tertiary/aromatic N) is 4. The van der Waals surface area contributed by atoms with Crippen molar-refractivity contribution in [2.24, 2.45) is 10.2 Å². The number of fused-ring (bicyclic) bond motifs is 2. The molecule has 2 aliphatic carbocycles. The summed E-state index contributed by atoms with van der Waals surface area (Å²) >= 11 is 2.12. The van der Waals surface area contributed by atoms with Crippen LogP contribution in [0.2, 0.25) is 0 Å². The van der Waals surface area contributed by atoms with Gasteiger partial charge in [-0.1, -0.05) is 61.7 Å². The van der Waals surface area contributed by atoms with Crippen LogP contribution in [0.3, 0.4) is 0 Å². The zero-order valence-corrected chi connectivity index (χ0v) is 21.8. The molecule has 4 atom stereocenters. The maximum Gasteiger partial charge on any atom is 0.291 e. The molecule has 8 N–H and O–H groups in total. The topological polar surface area (TPSA) is 210 Å². The summed E-state index contributed by atoms with van der Waals surface area (Å²) in [6, 6.07) is -0.917. The van der Waals surface area contributed by atoms with E-state index in [-0.39, 0.29) is 12.3 Å². The first-order valence-corrected chi connectivity index (χ1v) is 14.5. The lowest BCUT2D eigenvalue weighted by Crippen LogP contribution is -2.44. The molecule has 0 radical (unpaired) electrons. The molecule has 0 aromatic heterocycles. The molecule has 2 aliphatic heterocycles. The van der Waals surface area contributed by atoms with E-state index in [2.05, 4.69) is 10.2 Å². The van der Waals surface area contributed by atoms with E-state index >= 15 is 0 Å². The molecule has 2 fully saturated rings. The quantitative estimate of drug-likeness (QED) is 0.286. The van der Waals surface area contributed by atoms with E-state index in [1.54, 1.807) is 60.1 Å². The summed E-state index contributed by atoms with van der Waals surface area (Å²) in [5, 5.41) is 8.80. The van der Waals surface area contributed by atoms with Gasteiger partial charge in [0.05, 0.1) is 23.5 Å². The Bertz CT molecular complexity index is 1110. The molecule has 2 heterocycles. The molecular formula is C18H28N6O6S4. The number of likely N-dealkylation sites (N-methyl/N-ethyl adjacent to an activating group) is 2. The molecule has 4 unspecified atom stereocenters. The van der Waals surface area contributed by atoms with Crippen LogP contribution >= 0.6 is 23.5 Å². The van der Waals surface area contributed by atoms with E-state index < -0.39 is 41.7 Å². The van der Waals surface area contributed by atoms with Crippen molar-refractivity contribution < 1.29 is 25.9 Å². The molecule has 0 amide bonds. The van der Waals surface area contributed by atoms with Gasteiger partial charge in [-0.05, 0) is 25.2 Å². The molecular weight excluding hydrogens is 525 g/mol. The summed E-state index contributed by atoms with van der Waals surface area (Å²) in [6.07, 6.45) is 10.5. The van der Waals surface area contributed by atoms with Crippen LogP contribution in [0.5, 0.6) is 0 Å². The van der Waals surface area contributed by atoms with Crippen LogP contribution in [0.4, 0.5) is 0 Å². The van der Waals surface area contributed by atoms with Crippen molar-refractivity contribution >= 4 is 55.2 Å². The fourth-order valence-electron chi connectivity index (χ4n) is 4.04. The Balaban J connectivity index is 0.00000204. The van der Waals surface area contributed by atoms with Crippen molar-refractivity contribution in [2.45, 2.75) is 35.3 Å². The lowest BCUT2D eigenvalue weighted by Gasteiger charge is -2.27. The highest BCUT2D eigenvalue weighted by Crippen LogP contribution is 2.44. The van der Waals surface area contributed by atoms with Crippen LogP contribution in [-0.2, 0) is 20.2 Å². The number of hydrogen-bond acceptors (Lipinski definition) is 12. The SMILES string of the molecule is CCN1C2C(=CC=CC2=NN=C2C=CC=C3SC(S(=O)(=O)O)N(CC)C32)SC1S(=O)(=O)O.N.N. The highest BCUT2D eigenvalue weighted by molar-refractivity contribution is 8.14. The third kappa shape index (κ3) is 5.25. The maximum atomic E-state index is 11.8. The van der Waals surface area contributed by atoms with Crippen molar-refractivity contribution in [3.8, 4) is 0 Å². The van der Waals surface area contributed by atoms with E-state index in [1.807, 2.05) is 0 Å². The second kappa shape index (κ2) is 10.7. The number of thioether (sulfide) groups is 2. The molecule has 2 saturated heterocycles. The lowest BCUT2D eigenvalue weighted by molar-refractivity contribution is 0.305. The van der Waals surface area contributed by atoms with Gasteiger partial charge in [0.1, 0.15) is 0 Å². The molecule has 12 nitrogen and oxygen atoms in total. The van der Waals surface area contributed by atoms with E-state index in [4.69, 9.17) is 0 Å². The average Bonchev–Trinajstić information content (AvgIpc) is 3.30. The Labute approximate surface area is 207 Å². The first-order valence-electron chi connectivity index (χ1n) is 9.75. The minimum Gasteiger partial charge on any atom is -0.344 e. The second-order valence-electron chi connectivity index (χ2n) is 7.25. The molecule has 0 spiro atoms. The highest BCUT2D eigenvalue weighted by atomic mass is 32.3. The van der Waals surface area contributed by atoms with Gasteiger partial charge in [-0.25, -0.2) is 0 Å². The maximum absolute atomic E-state index is 11.8. The van der Waals surface area contributed by atoms with Crippen molar-refractivity contribution in [1.82, 2.24) is 22.1 Å². The fraction of sp³-hybridized carbons (Fsp3) is 0.444. The van der Waals surface area contributed by atoms with Gasteiger partial charge < -0.3 is 12.3 Å². The van der Waals surface area contributed by atoms with Gasteiger partial charge in [0.25, 0.3) is 20.2 Å². The minimum absolute atomic E-state index is 0. The Morgan fingerprint density at radius 3 is 1.44 bits per heavy atom. The van der Waals surface area contributed by atoms with E-state index in [0.29, 0.717) is 24.5 Å². The molecule has 0 saturated carbocycles. The summed E-state index contributed by atoms with van der Waals surface area (Å²) in [5.74, 6) is 0. The summed E-state index contributed by atoms with van der Waals surface area (Å²) in [4.78, 5) is 4.76. The smallest absolute Gasteiger partial charge is 0.291 e. The molecule has 4 rings (SSSR count). The standard InChI is InChI=1S/C18H22N4O6S4.2H3N/c1-3-21-15-11(7-5-9-13(15)29-17(21)31(23,24)25)19-20-12-8-6-10-14-16(12)22(4-2)18(30-14)32(26,27)28;;/h5-10,15-18H,3-4H2,1-2H3,(H,23,24,25)(H,26,27,28);2*1H3. The van der Waals surface area contributed by atoms with Gasteiger partial charge in [-0.15, -0.1) is 0 Å². The van der Waals surface area contributed by atoms with Crippen LogP contribution in [0.25, 0.3) is 0 Å². The number of allylic oxidation sites excluding steroid dienone is 4. The molecule has 4 aliphatic rings. The predicted molar refractivity (Wildman–Crippen MR) is 138 cm³/mol. The van der Waals surface area contributed by atoms with Crippen LogP contribution in [0, 0.1) is 0 Å². The Hall–Kier alpha value is -1.34. The van der Waals surface area contributed by atoms with Crippen molar-refractivity contribution in [1.29, 1.82) is 0 Å². The monoisotopic (exact) mass is 552 g/mol. The van der Waals surface area contributed by atoms with Crippen molar-refractivity contribution in [3.63, 3.8) is 0 Å². The molecule has 0 aromatic rings. The third-order valence-corrected chi connectivity index (χ3v) is 11.2. The van der Waals surface area contributed by atoms with Gasteiger partial charge in [0.2, 0.25) is 0 Å². The van der Waals surface area contributed by atoms with E-state index in [9.17, 15) is 25.9 Å². The van der Waals surface area contributed by atoms with E-state index in [0.717, 1.165) is 33.3 Å². The van der Waals surface area contributed by atoms with Crippen molar-refractivity contribution in [3.05, 3.63) is 46.3 Å². The molecule has 16 heteroatoms. The van der Waals surface area contributed by atoms with Gasteiger partial charge in [0, 0.05) is 9.81 Å². The second-order valence-corrected chi connectivity index (χ2v) is 13.1. The normalized spacial score (nSPS) is 31.5. The van der Waals surface area contributed by atoms with Gasteiger partial charge in [-0.3, -0.25) is 18.9 Å². The number of rotatable bonds is 5. The fourth-order valence-corrected chi connectivity index (χ4v) is 9.27. The first-order chi connectivity index (χ1) is 15.1. The first kappa shape index (κ1) is 28.9. The largest absolute Gasteiger partial charge is 0.344 e. The zero-order chi connectivity index (χ0) is 23.3. The molecule has 190 valence electrons. The van der Waals surface area contributed by atoms with Crippen LogP contribution < -0.4 is 12.3 Å². The van der Waals surface area contributed by atoms with E-state index in [1.165, 1.54) is 0 Å². The van der Waals surface area contributed by atoms with Gasteiger partial charge in [0.15, 0.2) is 9.41 Å².